The molecular weight excluding hydrogens is 399 g/mol. The van der Waals surface area contributed by atoms with E-state index >= 15 is 0 Å². The average molecular weight is 411 g/mol. The summed E-state index contributed by atoms with van der Waals surface area (Å²) in [6, 6.07) is 4.16. The van der Waals surface area contributed by atoms with Crippen LogP contribution in [-0.2, 0) is 6.61 Å². The Morgan fingerprint density at radius 2 is 2.29 bits per heavy atom. The van der Waals surface area contributed by atoms with Gasteiger partial charge < -0.3 is 10.5 Å². The molecular formula is C15H12BrFN4O2S. The first-order chi connectivity index (χ1) is 11.5. The Balaban J connectivity index is 1.79. The van der Waals surface area contributed by atoms with Crippen molar-refractivity contribution in [1.29, 1.82) is 0 Å². The Bertz CT molecular complexity index is 909. The number of primary amides is 1. The molecule has 1 aromatic carbocycles. The summed E-state index contributed by atoms with van der Waals surface area (Å²) in [6.45, 7) is 2.02. The SMILES string of the molecule is Cc1csc(C(N)=O)c1-n1cc(COc2ccc(F)cc2Br)nn1. The minimum atomic E-state index is -0.508. The number of aromatic nitrogens is 3. The zero-order chi connectivity index (χ0) is 17.3. The van der Waals surface area contributed by atoms with Gasteiger partial charge in [0.15, 0.2) is 0 Å². The summed E-state index contributed by atoms with van der Waals surface area (Å²) in [5.41, 5.74) is 7.45. The number of amides is 1. The molecule has 0 spiro atoms. The van der Waals surface area contributed by atoms with Crippen LogP contribution in [0.1, 0.15) is 20.9 Å². The molecule has 0 bridgehead atoms. The average Bonchev–Trinajstić information content (AvgIpc) is 3.12. The van der Waals surface area contributed by atoms with Gasteiger partial charge in [-0.05, 0) is 52.0 Å². The molecule has 3 rings (SSSR count). The molecule has 0 aliphatic heterocycles. The predicted molar refractivity (Wildman–Crippen MR) is 90.9 cm³/mol. The Morgan fingerprint density at radius 1 is 1.50 bits per heavy atom. The maximum atomic E-state index is 13.1. The largest absolute Gasteiger partial charge is 0.486 e. The zero-order valence-electron chi connectivity index (χ0n) is 12.5. The molecule has 0 atom stereocenters. The highest BCUT2D eigenvalue weighted by atomic mass is 79.9. The quantitative estimate of drug-likeness (QED) is 0.699. The number of carbonyl (C=O) groups excluding carboxylic acids is 1. The van der Waals surface area contributed by atoms with Crippen molar-refractivity contribution in [3.63, 3.8) is 0 Å². The van der Waals surface area contributed by atoms with Gasteiger partial charge in [0, 0.05) is 0 Å². The predicted octanol–water partition coefficient (Wildman–Crippen LogP) is 3.22. The van der Waals surface area contributed by atoms with E-state index in [1.807, 2.05) is 12.3 Å². The van der Waals surface area contributed by atoms with Gasteiger partial charge >= 0.3 is 0 Å². The highest BCUT2D eigenvalue weighted by molar-refractivity contribution is 9.10. The molecule has 9 heteroatoms. The number of carbonyl (C=O) groups is 1. The van der Waals surface area contributed by atoms with E-state index in [0.29, 0.717) is 26.5 Å². The fraction of sp³-hybridized carbons (Fsp3) is 0.133. The fourth-order valence-electron chi connectivity index (χ4n) is 2.12. The number of nitrogens with two attached hydrogens (primary N) is 1. The normalized spacial score (nSPS) is 10.8. The lowest BCUT2D eigenvalue weighted by atomic mass is 10.2. The van der Waals surface area contributed by atoms with Gasteiger partial charge in [-0.15, -0.1) is 16.4 Å². The van der Waals surface area contributed by atoms with Crippen LogP contribution in [0.2, 0.25) is 0 Å². The van der Waals surface area contributed by atoms with E-state index < -0.39 is 5.91 Å². The first-order valence-electron chi connectivity index (χ1n) is 6.83. The Kier molecular flexibility index (Phi) is 4.63. The van der Waals surface area contributed by atoms with E-state index in [1.165, 1.54) is 34.2 Å². The number of rotatable bonds is 5. The first-order valence-corrected chi connectivity index (χ1v) is 8.50. The molecule has 0 aliphatic carbocycles. The minimum absolute atomic E-state index is 0.152. The maximum Gasteiger partial charge on any atom is 0.261 e. The third kappa shape index (κ3) is 3.31. The second kappa shape index (κ2) is 6.70. The van der Waals surface area contributed by atoms with Gasteiger partial charge in [0.25, 0.3) is 5.91 Å². The van der Waals surface area contributed by atoms with Crippen molar-refractivity contribution in [1.82, 2.24) is 15.0 Å². The highest BCUT2D eigenvalue weighted by Crippen LogP contribution is 2.27. The lowest BCUT2D eigenvalue weighted by molar-refractivity contribution is 0.100. The molecule has 1 amide bonds. The number of benzene rings is 1. The van der Waals surface area contributed by atoms with Crippen molar-refractivity contribution in [2.24, 2.45) is 5.73 Å². The van der Waals surface area contributed by atoms with Gasteiger partial charge in [-0.2, -0.15) is 0 Å². The molecule has 0 fully saturated rings. The van der Waals surface area contributed by atoms with Crippen LogP contribution in [0.3, 0.4) is 0 Å². The lowest BCUT2D eigenvalue weighted by Crippen LogP contribution is -2.12. The summed E-state index contributed by atoms with van der Waals surface area (Å²) in [5, 5.41) is 9.89. The van der Waals surface area contributed by atoms with E-state index in [9.17, 15) is 9.18 Å². The Morgan fingerprint density at radius 3 is 3.00 bits per heavy atom. The van der Waals surface area contributed by atoms with Crippen LogP contribution in [0.25, 0.3) is 5.69 Å². The molecule has 3 aromatic rings. The van der Waals surface area contributed by atoms with Crippen LogP contribution in [0, 0.1) is 12.7 Å². The summed E-state index contributed by atoms with van der Waals surface area (Å²) in [7, 11) is 0. The summed E-state index contributed by atoms with van der Waals surface area (Å²) in [6.07, 6.45) is 1.67. The second-order valence-corrected chi connectivity index (χ2v) is 6.71. The minimum Gasteiger partial charge on any atom is -0.486 e. The molecule has 124 valence electrons. The molecule has 2 aromatic heterocycles. The third-order valence-electron chi connectivity index (χ3n) is 3.21. The van der Waals surface area contributed by atoms with Gasteiger partial charge in [-0.1, -0.05) is 5.21 Å². The summed E-state index contributed by atoms with van der Waals surface area (Å²) in [4.78, 5) is 11.9. The maximum absolute atomic E-state index is 13.1. The summed E-state index contributed by atoms with van der Waals surface area (Å²) < 4.78 is 20.7. The van der Waals surface area contributed by atoms with Crippen LogP contribution >= 0.6 is 27.3 Å². The topological polar surface area (TPSA) is 83.0 Å². The number of hydrogen-bond donors (Lipinski definition) is 1. The molecule has 0 saturated carbocycles. The number of hydrogen-bond acceptors (Lipinski definition) is 5. The van der Waals surface area contributed by atoms with E-state index in [0.717, 1.165) is 5.56 Å². The monoisotopic (exact) mass is 410 g/mol. The molecule has 0 unspecified atom stereocenters. The number of ether oxygens (including phenoxy) is 1. The fourth-order valence-corrected chi connectivity index (χ4v) is 3.47. The van der Waals surface area contributed by atoms with Crippen LogP contribution < -0.4 is 10.5 Å². The highest BCUT2D eigenvalue weighted by Gasteiger charge is 2.17. The van der Waals surface area contributed by atoms with E-state index in [-0.39, 0.29) is 12.4 Å². The zero-order valence-corrected chi connectivity index (χ0v) is 14.9. The number of nitrogens with zero attached hydrogens (tertiary/aromatic N) is 3. The molecule has 6 nitrogen and oxygen atoms in total. The summed E-state index contributed by atoms with van der Waals surface area (Å²) >= 11 is 4.50. The number of halogens is 2. The van der Waals surface area contributed by atoms with Gasteiger partial charge in [-0.3, -0.25) is 4.79 Å². The molecule has 24 heavy (non-hydrogen) atoms. The van der Waals surface area contributed by atoms with E-state index in [2.05, 4.69) is 26.2 Å². The first kappa shape index (κ1) is 16.6. The molecule has 0 aliphatic rings. The van der Waals surface area contributed by atoms with Crippen LogP contribution in [0.15, 0.2) is 34.2 Å². The van der Waals surface area contributed by atoms with E-state index in [1.54, 1.807) is 6.20 Å². The van der Waals surface area contributed by atoms with Crippen LogP contribution in [0.4, 0.5) is 4.39 Å². The molecule has 2 heterocycles. The van der Waals surface area contributed by atoms with Crippen molar-refractivity contribution < 1.29 is 13.9 Å². The van der Waals surface area contributed by atoms with Gasteiger partial charge in [-0.25, -0.2) is 9.07 Å². The Hall–Kier alpha value is -2.26. The van der Waals surface area contributed by atoms with E-state index in [4.69, 9.17) is 10.5 Å². The van der Waals surface area contributed by atoms with Crippen molar-refractivity contribution in [3.05, 3.63) is 56.2 Å². The molecule has 0 saturated heterocycles. The standard InChI is InChI=1S/C15H12BrFN4O2S/c1-8-7-24-14(15(18)22)13(8)21-5-10(19-20-21)6-23-12-3-2-9(17)4-11(12)16/h2-5,7H,6H2,1H3,(H2,18,22). The smallest absolute Gasteiger partial charge is 0.261 e. The third-order valence-corrected chi connectivity index (χ3v) is 4.93. The summed E-state index contributed by atoms with van der Waals surface area (Å²) in [5.74, 6) is -0.366. The molecule has 0 radical (unpaired) electrons. The van der Waals surface area contributed by atoms with Crippen LogP contribution in [-0.4, -0.2) is 20.9 Å². The van der Waals surface area contributed by atoms with Gasteiger partial charge in [0.05, 0.1) is 16.4 Å². The van der Waals surface area contributed by atoms with Crippen LogP contribution in [0.5, 0.6) is 5.75 Å². The Labute approximate surface area is 149 Å². The van der Waals surface area contributed by atoms with Crippen molar-refractivity contribution in [3.8, 4) is 11.4 Å². The second-order valence-electron chi connectivity index (χ2n) is 4.98. The van der Waals surface area contributed by atoms with Crippen molar-refractivity contribution in [2.45, 2.75) is 13.5 Å². The van der Waals surface area contributed by atoms with Gasteiger partial charge in [0.1, 0.15) is 28.7 Å². The lowest BCUT2D eigenvalue weighted by Gasteiger charge is -2.06. The van der Waals surface area contributed by atoms with Gasteiger partial charge in [0.2, 0.25) is 0 Å². The van der Waals surface area contributed by atoms with Crippen molar-refractivity contribution in [2.75, 3.05) is 0 Å². The van der Waals surface area contributed by atoms with Crippen molar-refractivity contribution >= 4 is 33.2 Å². The number of aryl methyl sites for hydroxylation is 1. The molecule has 2 N–H and O–H groups in total. The number of thiophene rings is 1.